The zero-order valence-corrected chi connectivity index (χ0v) is 11.4. The molecule has 21 heavy (non-hydrogen) atoms. The SMILES string of the molecule is COc1ccc2nc(-c3ccc(C(=O)O)cc3)ccc2c1. The number of benzene rings is 2. The minimum absolute atomic E-state index is 0.268. The van der Waals surface area contributed by atoms with Crippen LogP contribution in [0.5, 0.6) is 5.75 Å². The molecule has 0 radical (unpaired) electrons. The lowest BCUT2D eigenvalue weighted by atomic mass is 10.1. The van der Waals surface area contributed by atoms with Crippen molar-refractivity contribution < 1.29 is 14.6 Å². The van der Waals surface area contributed by atoms with Crippen molar-refractivity contribution in [1.82, 2.24) is 4.98 Å². The Morgan fingerprint density at radius 3 is 2.48 bits per heavy atom. The Morgan fingerprint density at radius 2 is 1.81 bits per heavy atom. The molecular weight excluding hydrogens is 266 g/mol. The first-order valence-electron chi connectivity index (χ1n) is 6.46. The lowest BCUT2D eigenvalue weighted by Crippen LogP contribution is -1.95. The number of aromatic nitrogens is 1. The van der Waals surface area contributed by atoms with Crippen LogP contribution < -0.4 is 4.74 Å². The fraction of sp³-hybridized carbons (Fsp3) is 0.0588. The van der Waals surface area contributed by atoms with Crippen LogP contribution in [0.25, 0.3) is 22.2 Å². The Hall–Kier alpha value is -2.88. The molecule has 0 bridgehead atoms. The standard InChI is InChI=1S/C17H13NO3/c1-21-14-7-9-16-13(10-14)6-8-15(18-16)11-2-4-12(5-3-11)17(19)20/h2-10H,1H3,(H,19,20). The molecule has 3 rings (SSSR count). The summed E-state index contributed by atoms with van der Waals surface area (Å²) in [6.45, 7) is 0. The lowest BCUT2D eigenvalue weighted by Gasteiger charge is -2.05. The van der Waals surface area contributed by atoms with Gasteiger partial charge < -0.3 is 9.84 Å². The van der Waals surface area contributed by atoms with E-state index in [4.69, 9.17) is 9.84 Å². The van der Waals surface area contributed by atoms with Gasteiger partial charge in [-0.15, -0.1) is 0 Å². The fourth-order valence-electron chi connectivity index (χ4n) is 2.17. The second-order valence-electron chi connectivity index (χ2n) is 4.64. The maximum Gasteiger partial charge on any atom is 0.335 e. The lowest BCUT2D eigenvalue weighted by molar-refractivity contribution is 0.0697. The van der Waals surface area contributed by atoms with Gasteiger partial charge in [0.1, 0.15) is 5.75 Å². The number of hydrogen-bond donors (Lipinski definition) is 1. The first kappa shape index (κ1) is 13.1. The number of carboxylic acids is 1. The number of ether oxygens (including phenoxy) is 1. The monoisotopic (exact) mass is 279 g/mol. The summed E-state index contributed by atoms with van der Waals surface area (Å²) in [5, 5.41) is 9.91. The van der Waals surface area contributed by atoms with Gasteiger partial charge in [0.2, 0.25) is 0 Å². The third-order valence-electron chi connectivity index (χ3n) is 3.32. The van der Waals surface area contributed by atoms with Crippen molar-refractivity contribution in [3.05, 3.63) is 60.2 Å². The number of carbonyl (C=O) groups is 1. The van der Waals surface area contributed by atoms with Crippen molar-refractivity contribution in [3.63, 3.8) is 0 Å². The van der Waals surface area contributed by atoms with E-state index in [1.165, 1.54) is 0 Å². The number of pyridine rings is 1. The Kier molecular flexibility index (Phi) is 3.28. The molecule has 1 N–H and O–H groups in total. The predicted octanol–water partition coefficient (Wildman–Crippen LogP) is 3.61. The molecule has 0 aliphatic rings. The average molecular weight is 279 g/mol. The molecule has 0 saturated carbocycles. The van der Waals surface area contributed by atoms with E-state index in [-0.39, 0.29) is 5.56 Å². The summed E-state index contributed by atoms with van der Waals surface area (Å²) in [5.41, 5.74) is 2.84. The molecule has 3 aromatic rings. The Morgan fingerprint density at radius 1 is 1.05 bits per heavy atom. The first-order valence-corrected chi connectivity index (χ1v) is 6.46. The fourth-order valence-corrected chi connectivity index (χ4v) is 2.17. The zero-order valence-electron chi connectivity index (χ0n) is 11.4. The molecule has 104 valence electrons. The van der Waals surface area contributed by atoms with Gasteiger partial charge in [0.25, 0.3) is 0 Å². The van der Waals surface area contributed by atoms with Crippen LogP contribution in [0.2, 0.25) is 0 Å². The van der Waals surface area contributed by atoms with Crippen LogP contribution in [0, 0.1) is 0 Å². The minimum Gasteiger partial charge on any atom is -0.497 e. The smallest absolute Gasteiger partial charge is 0.335 e. The van der Waals surface area contributed by atoms with Crippen LogP contribution in [0.3, 0.4) is 0 Å². The normalized spacial score (nSPS) is 10.5. The average Bonchev–Trinajstić information content (AvgIpc) is 2.54. The van der Waals surface area contributed by atoms with Crippen molar-refractivity contribution in [1.29, 1.82) is 0 Å². The van der Waals surface area contributed by atoms with Gasteiger partial charge in [-0.25, -0.2) is 9.78 Å². The summed E-state index contributed by atoms with van der Waals surface area (Å²) in [6, 6.07) is 16.3. The quantitative estimate of drug-likeness (QED) is 0.795. The molecule has 0 aliphatic heterocycles. The Bertz CT molecular complexity index is 810. The van der Waals surface area contributed by atoms with Gasteiger partial charge in [0, 0.05) is 10.9 Å². The van der Waals surface area contributed by atoms with E-state index in [0.717, 1.165) is 27.9 Å². The number of methoxy groups -OCH3 is 1. The molecule has 2 aromatic carbocycles. The molecular formula is C17H13NO3. The van der Waals surface area contributed by atoms with Crippen LogP contribution in [0.15, 0.2) is 54.6 Å². The van der Waals surface area contributed by atoms with E-state index in [1.807, 2.05) is 30.3 Å². The van der Waals surface area contributed by atoms with Crippen LogP contribution in [0.4, 0.5) is 0 Å². The number of fused-ring (bicyclic) bond motifs is 1. The van der Waals surface area contributed by atoms with Gasteiger partial charge in [0.05, 0.1) is 23.9 Å². The third-order valence-corrected chi connectivity index (χ3v) is 3.32. The van der Waals surface area contributed by atoms with E-state index in [9.17, 15) is 4.79 Å². The van der Waals surface area contributed by atoms with Gasteiger partial charge >= 0.3 is 5.97 Å². The van der Waals surface area contributed by atoms with E-state index >= 15 is 0 Å². The molecule has 0 saturated heterocycles. The molecule has 0 spiro atoms. The second-order valence-corrected chi connectivity index (χ2v) is 4.64. The van der Waals surface area contributed by atoms with Gasteiger partial charge in [-0.05, 0) is 36.4 Å². The summed E-state index contributed by atoms with van der Waals surface area (Å²) in [6.07, 6.45) is 0. The summed E-state index contributed by atoms with van der Waals surface area (Å²) < 4.78 is 5.19. The van der Waals surface area contributed by atoms with Gasteiger partial charge in [-0.2, -0.15) is 0 Å². The number of carboxylic acid groups (broad SMARTS) is 1. The van der Waals surface area contributed by atoms with Crippen molar-refractivity contribution >= 4 is 16.9 Å². The number of aromatic carboxylic acids is 1. The number of rotatable bonds is 3. The molecule has 0 fully saturated rings. The Balaban J connectivity index is 2.02. The summed E-state index contributed by atoms with van der Waals surface area (Å²) in [7, 11) is 1.63. The maximum atomic E-state index is 10.9. The summed E-state index contributed by atoms with van der Waals surface area (Å²) in [4.78, 5) is 15.4. The van der Waals surface area contributed by atoms with E-state index in [0.29, 0.717) is 0 Å². The second kappa shape index (κ2) is 5.25. The highest BCUT2D eigenvalue weighted by Crippen LogP contribution is 2.24. The highest BCUT2D eigenvalue weighted by atomic mass is 16.5. The van der Waals surface area contributed by atoms with Gasteiger partial charge in [0.15, 0.2) is 0 Å². The van der Waals surface area contributed by atoms with Crippen molar-refractivity contribution in [2.75, 3.05) is 7.11 Å². The van der Waals surface area contributed by atoms with Gasteiger partial charge in [-0.1, -0.05) is 18.2 Å². The molecule has 0 unspecified atom stereocenters. The van der Waals surface area contributed by atoms with Crippen molar-refractivity contribution in [2.45, 2.75) is 0 Å². The van der Waals surface area contributed by atoms with Crippen LogP contribution in [-0.4, -0.2) is 23.2 Å². The molecule has 0 atom stereocenters. The van der Waals surface area contributed by atoms with Gasteiger partial charge in [-0.3, -0.25) is 0 Å². The number of hydrogen-bond acceptors (Lipinski definition) is 3. The van der Waals surface area contributed by atoms with E-state index in [1.54, 1.807) is 31.4 Å². The molecule has 0 amide bonds. The van der Waals surface area contributed by atoms with Crippen molar-refractivity contribution in [2.24, 2.45) is 0 Å². The van der Waals surface area contributed by atoms with Crippen molar-refractivity contribution in [3.8, 4) is 17.0 Å². The largest absolute Gasteiger partial charge is 0.497 e. The highest BCUT2D eigenvalue weighted by Gasteiger charge is 2.05. The summed E-state index contributed by atoms with van der Waals surface area (Å²) in [5.74, 6) is -0.136. The predicted molar refractivity (Wildman–Crippen MR) is 80.7 cm³/mol. The first-order chi connectivity index (χ1) is 10.2. The molecule has 1 aromatic heterocycles. The topological polar surface area (TPSA) is 59.4 Å². The molecule has 0 aliphatic carbocycles. The zero-order chi connectivity index (χ0) is 14.8. The van der Waals surface area contributed by atoms with E-state index < -0.39 is 5.97 Å². The van der Waals surface area contributed by atoms with Crippen LogP contribution in [0.1, 0.15) is 10.4 Å². The summed E-state index contributed by atoms with van der Waals surface area (Å²) >= 11 is 0. The number of nitrogens with zero attached hydrogens (tertiary/aromatic N) is 1. The Labute approximate surface area is 121 Å². The minimum atomic E-state index is -0.930. The highest BCUT2D eigenvalue weighted by molar-refractivity contribution is 5.88. The third kappa shape index (κ3) is 2.56. The van der Waals surface area contributed by atoms with Crippen LogP contribution >= 0.6 is 0 Å². The van der Waals surface area contributed by atoms with E-state index in [2.05, 4.69) is 4.98 Å². The maximum absolute atomic E-state index is 10.9. The molecule has 4 nitrogen and oxygen atoms in total. The van der Waals surface area contributed by atoms with Crippen LogP contribution in [-0.2, 0) is 0 Å². The molecule has 4 heteroatoms. The molecule has 1 heterocycles.